The van der Waals surface area contributed by atoms with Gasteiger partial charge in [0.05, 0.1) is 6.04 Å². The molecule has 1 aromatic heterocycles. The van der Waals surface area contributed by atoms with Gasteiger partial charge in [-0.25, -0.2) is 0 Å². The molecular weight excluding hydrogens is 234 g/mol. The van der Waals surface area contributed by atoms with Gasteiger partial charge in [0.1, 0.15) is 0 Å². The minimum absolute atomic E-state index is 0.213. The Bertz CT molecular complexity index is 496. The molecule has 90 valence electrons. The van der Waals surface area contributed by atoms with Crippen molar-refractivity contribution in [2.24, 2.45) is 5.73 Å². The topological polar surface area (TPSA) is 64.9 Å². The van der Waals surface area contributed by atoms with Crippen LogP contribution in [0.15, 0.2) is 33.9 Å². The Morgan fingerprint density at radius 2 is 2.12 bits per heavy atom. The molecule has 4 nitrogen and oxygen atoms in total. The van der Waals surface area contributed by atoms with E-state index < -0.39 is 0 Å². The number of aryl methyl sites for hydroxylation is 1. The van der Waals surface area contributed by atoms with Crippen molar-refractivity contribution in [3.8, 4) is 0 Å². The Balaban J connectivity index is 2.00. The van der Waals surface area contributed by atoms with Crippen LogP contribution in [-0.4, -0.2) is 10.2 Å². The van der Waals surface area contributed by atoms with E-state index in [1.54, 1.807) is 0 Å². The van der Waals surface area contributed by atoms with Gasteiger partial charge in [0.15, 0.2) is 0 Å². The summed E-state index contributed by atoms with van der Waals surface area (Å²) in [6, 6.07) is 8.05. The lowest BCUT2D eigenvalue weighted by Crippen LogP contribution is -2.04. The molecule has 0 aliphatic heterocycles. The third-order valence-electron chi connectivity index (χ3n) is 2.42. The molecule has 0 aliphatic carbocycles. The van der Waals surface area contributed by atoms with Gasteiger partial charge in [-0.3, -0.25) is 0 Å². The molecule has 5 heteroatoms. The first-order valence-corrected chi connectivity index (χ1v) is 6.41. The lowest BCUT2D eigenvalue weighted by Gasteiger charge is -2.02. The third kappa shape index (κ3) is 3.08. The normalized spacial score (nSPS) is 12.6. The van der Waals surface area contributed by atoms with Crippen molar-refractivity contribution in [3.05, 3.63) is 41.3 Å². The van der Waals surface area contributed by atoms with Crippen LogP contribution < -0.4 is 5.73 Å². The number of rotatable bonds is 4. The predicted molar refractivity (Wildman–Crippen MR) is 67.6 cm³/mol. The summed E-state index contributed by atoms with van der Waals surface area (Å²) in [7, 11) is 0. The fraction of sp³-hybridized carbons (Fsp3) is 0.333. The van der Waals surface area contributed by atoms with E-state index in [1.807, 2.05) is 19.1 Å². The van der Waals surface area contributed by atoms with Crippen molar-refractivity contribution in [1.82, 2.24) is 10.2 Å². The van der Waals surface area contributed by atoms with Crippen molar-refractivity contribution in [2.45, 2.75) is 30.9 Å². The zero-order chi connectivity index (χ0) is 12.3. The Morgan fingerprint density at radius 3 is 2.76 bits per heavy atom. The summed E-state index contributed by atoms with van der Waals surface area (Å²) in [6.07, 6.45) is 0. The Morgan fingerprint density at radius 1 is 1.35 bits per heavy atom. The van der Waals surface area contributed by atoms with Crippen LogP contribution in [0.25, 0.3) is 0 Å². The van der Waals surface area contributed by atoms with E-state index in [0.29, 0.717) is 11.1 Å². The van der Waals surface area contributed by atoms with Crippen LogP contribution in [0.2, 0.25) is 0 Å². The Hall–Kier alpha value is -1.33. The van der Waals surface area contributed by atoms with E-state index in [2.05, 4.69) is 29.3 Å². The fourth-order valence-corrected chi connectivity index (χ4v) is 2.22. The summed E-state index contributed by atoms with van der Waals surface area (Å²) in [5.41, 5.74) is 8.20. The van der Waals surface area contributed by atoms with E-state index in [0.717, 1.165) is 5.75 Å². The first-order valence-electron chi connectivity index (χ1n) is 5.43. The standard InChI is InChI=1S/C12H15N3OS/c1-8-5-3-4-6-10(8)7-17-12-15-14-11(16-12)9(2)13/h3-6,9H,7,13H2,1-2H3. The van der Waals surface area contributed by atoms with Crippen LogP contribution in [0.5, 0.6) is 0 Å². The van der Waals surface area contributed by atoms with E-state index in [-0.39, 0.29) is 6.04 Å². The number of benzene rings is 1. The van der Waals surface area contributed by atoms with Gasteiger partial charge in [0, 0.05) is 5.75 Å². The highest BCUT2D eigenvalue weighted by Gasteiger charge is 2.10. The van der Waals surface area contributed by atoms with Gasteiger partial charge < -0.3 is 10.2 Å². The smallest absolute Gasteiger partial charge is 0.276 e. The Labute approximate surface area is 105 Å². The molecule has 1 aromatic carbocycles. The van der Waals surface area contributed by atoms with Crippen molar-refractivity contribution in [3.63, 3.8) is 0 Å². The molecule has 1 atom stereocenters. The molecule has 17 heavy (non-hydrogen) atoms. The molecule has 0 saturated heterocycles. The molecule has 1 unspecified atom stereocenters. The molecule has 2 rings (SSSR count). The third-order valence-corrected chi connectivity index (χ3v) is 3.29. The SMILES string of the molecule is Cc1ccccc1CSc1nnc(C(C)N)o1. The summed E-state index contributed by atoms with van der Waals surface area (Å²) in [6.45, 7) is 3.92. The molecule has 0 aliphatic rings. The second-order valence-electron chi connectivity index (χ2n) is 3.91. The lowest BCUT2D eigenvalue weighted by atomic mass is 10.1. The van der Waals surface area contributed by atoms with Crippen LogP contribution in [0.4, 0.5) is 0 Å². The van der Waals surface area contributed by atoms with Gasteiger partial charge in [0.25, 0.3) is 5.22 Å². The molecule has 0 fully saturated rings. The van der Waals surface area contributed by atoms with Crippen molar-refractivity contribution in [2.75, 3.05) is 0 Å². The maximum Gasteiger partial charge on any atom is 0.276 e. The molecular formula is C12H15N3OS. The minimum atomic E-state index is -0.213. The molecule has 0 radical (unpaired) electrons. The molecule has 0 saturated carbocycles. The average Bonchev–Trinajstić information content (AvgIpc) is 2.77. The first-order chi connectivity index (χ1) is 8.16. The summed E-state index contributed by atoms with van der Waals surface area (Å²) in [4.78, 5) is 0. The maximum absolute atomic E-state index is 5.65. The number of thioether (sulfide) groups is 1. The largest absolute Gasteiger partial charge is 0.414 e. The van der Waals surface area contributed by atoms with E-state index in [4.69, 9.17) is 10.2 Å². The molecule has 2 aromatic rings. The molecule has 0 bridgehead atoms. The molecule has 0 amide bonds. The van der Waals surface area contributed by atoms with E-state index in [9.17, 15) is 0 Å². The van der Waals surface area contributed by atoms with Crippen LogP contribution in [-0.2, 0) is 5.75 Å². The molecule has 2 N–H and O–H groups in total. The second kappa shape index (κ2) is 5.33. The Kier molecular flexibility index (Phi) is 3.81. The number of nitrogens with two attached hydrogens (primary N) is 1. The predicted octanol–water partition coefficient (Wildman–Crippen LogP) is 2.69. The van der Waals surface area contributed by atoms with E-state index in [1.165, 1.54) is 22.9 Å². The number of aromatic nitrogens is 2. The van der Waals surface area contributed by atoms with Gasteiger partial charge >= 0.3 is 0 Å². The van der Waals surface area contributed by atoms with Crippen molar-refractivity contribution >= 4 is 11.8 Å². The summed E-state index contributed by atoms with van der Waals surface area (Å²) in [5.74, 6) is 1.31. The highest BCUT2D eigenvalue weighted by molar-refractivity contribution is 7.98. The highest BCUT2D eigenvalue weighted by Crippen LogP contribution is 2.24. The zero-order valence-corrected chi connectivity index (χ0v) is 10.7. The van der Waals surface area contributed by atoms with E-state index >= 15 is 0 Å². The van der Waals surface area contributed by atoms with Crippen LogP contribution in [0, 0.1) is 6.92 Å². The lowest BCUT2D eigenvalue weighted by molar-refractivity contribution is 0.394. The van der Waals surface area contributed by atoms with Crippen LogP contribution >= 0.6 is 11.8 Å². The average molecular weight is 249 g/mol. The minimum Gasteiger partial charge on any atom is -0.414 e. The molecule has 1 heterocycles. The van der Waals surface area contributed by atoms with Gasteiger partial charge in [0.2, 0.25) is 5.89 Å². The van der Waals surface area contributed by atoms with Crippen LogP contribution in [0.1, 0.15) is 30.0 Å². The van der Waals surface area contributed by atoms with Crippen LogP contribution in [0.3, 0.4) is 0 Å². The van der Waals surface area contributed by atoms with Gasteiger partial charge in [-0.1, -0.05) is 36.0 Å². The monoisotopic (exact) mass is 249 g/mol. The number of hydrogen-bond acceptors (Lipinski definition) is 5. The second-order valence-corrected chi connectivity index (χ2v) is 4.84. The van der Waals surface area contributed by atoms with Gasteiger partial charge in [-0.05, 0) is 25.0 Å². The number of nitrogens with zero attached hydrogens (tertiary/aromatic N) is 2. The fourth-order valence-electron chi connectivity index (χ4n) is 1.37. The summed E-state index contributed by atoms with van der Waals surface area (Å²) in [5, 5.41) is 8.41. The van der Waals surface area contributed by atoms with Crippen molar-refractivity contribution < 1.29 is 4.42 Å². The maximum atomic E-state index is 5.65. The first kappa shape index (κ1) is 12.1. The molecule has 0 spiro atoms. The highest BCUT2D eigenvalue weighted by atomic mass is 32.2. The quantitative estimate of drug-likeness (QED) is 0.844. The zero-order valence-electron chi connectivity index (χ0n) is 9.88. The van der Waals surface area contributed by atoms with Gasteiger partial charge in [-0.15, -0.1) is 10.2 Å². The summed E-state index contributed by atoms with van der Waals surface area (Å²) >= 11 is 1.53. The number of hydrogen-bond donors (Lipinski definition) is 1. The van der Waals surface area contributed by atoms with Crippen molar-refractivity contribution in [1.29, 1.82) is 0 Å². The van der Waals surface area contributed by atoms with Gasteiger partial charge in [-0.2, -0.15) is 0 Å². The summed E-state index contributed by atoms with van der Waals surface area (Å²) < 4.78 is 5.42.